The molecule has 0 bridgehead atoms. The fourth-order valence-electron chi connectivity index (χ4n) is 1.81. The van der Waals surface area contributed by atoms with Crippen molar-refractivity contribution >= 4 is 17.5 Å². The zero-order valence-corrected chi connectivity index (χ0v) is 11.9. The lowest BCUT2D eigenvalue weighted by molar-refractivity contribution is 0.590. The minimum Gasteiger partial charge on any atom is -0.369 e. The van der Waals surface area contributed by atoms with Gasteiger partial charge in [-0.15, -0.1) is 0 Å². The molecule has 2 rings (SSSR count). The summed E-state index contributed by atoms with van der Waals surface area (Å²) in [6, 6.07) is 8.29. The standard InChI is InChI=1S/C14H18ClN3/c1-14(2,3)10-7-5-9(6-8-10)11-12(15)18(4)13(16)17-11/h5-8H,1-4H3,(H2,16,17). The molecule has 0 spiro atoms. The van der Waals surface area contributed by atoms with Gasteiger partial charge in [0.2, 0.25) is 5.95 Å². The molecule has 0 unspecified atom stereocenters. The molecule has 0 saturated heterocycles. The fraction of sp³-hybridized carbons (Fsp3) is 0.357. The lowest BCUT2D eigenvalue weighted by atomic mass is 9.86. The molecule has 18 heavy (non-hydrogen) atoms. The molecule has 4 heteroatoms. The molecule has 2 N–H and O–H groups in total. The molecule has 1 heterocycles. The second-order valence-electron chi connectivity index (χ2n) is 5.50. The topological polar surface area (TPSA) is 43.8 Å². The Morgan fingerprint density at radius 1 is 1.17 bits per heavy atom. The predicted molar refractivity (Wildman–Crippen MR) is 76.8 cm³/mol. The molecule has 0 aliphatic heterocycles. The van der Waals surface area contributed by atoms with E-state index < -0.39 is 0 Å². The molecule has 96 valence electrons. The van der Waals surface area contributed by atoms with Crippen LogP contribution < -0.4 is 5.73 Å². The average Bonchev–Trinajstić information content (AvgIpc) is 2.56. The molecule has 0 aliphatic carbocycles. The largest absolute Gasteiger partial charge is 0.369 e. The van der Waals surface area contributed by atoms with Gasteiger partial charge in [-0.25, -0.2) is 4.98 Å². The Morgan fingerprint density at radius 3 is 2.11 bits per heavy atom. The summed E-state index contributed by atoms with van der Waals surface area (Å²) in [6.07, 6.45) is 0. The Morgan fingerprint density at radius 2 is 1.72 bits per heavy atom. The first-order valence-electron chi connectivity index (χ1n) is 5.89. The van der Waals surface area contributed by atoms with Crippen LogP contribution >= 0.6 is 11.6 Å². The number of anilines is 1. The molecule has 0 radical (unpaired) electrons. The highest BCUT2D eigenvalue weighted by atomic mass is 35.5. The first kappa shape index (κ1) is 13.0. The number of imidazole rings is 1. The van der Waals surface area contributed by atoms with Crippen molar-refractivity contribution in [1.82, 2.24) is 9.55 Å². The van der Waals surface area contributed by atoms with E-state index in [2.05, 4.69) is 37.9 Å². The Kier molecular flexibility index (Phi) is 3.11. The number of hydrogen-bond donors (Lipinski definition) is 1. The second kappa shape index (κ2) is 4.32. The van der Waals surface area contributed by atoms with Crippen LogP contribution in [0, 0.1) is 0 Å². The van der Waals surface area contributed by atoms with Crippen molar-refractivity contribution in [3.05, 3.63) is 35.0 Å². The first-order valence-corrected chi connectivity index (χ1v) is 6.27. The maximum absolute atomic E-state index is 6.20. The van der Waals surface area contributed by atoms with E-state index in [0.717, 1.165) is 11.3 Å². The highest BCUT2D eigenvalue weighted by Gasteiger charge is 2.16. The Hall–Kier alpha value is -1.48. The SMILES string of the molecule is Cn1c(N)nc(-c2ccc(C(C)(C)C)cc2)c1Cl. The Balaban J connectivity index is 2.44. The van der Waals surface area contributed by atoms with Crippen LogP contribution in [0.2, 0.25) is 5.15 Å². The summed E-state index contributed by atoms with van der Waals surface area (Å²) in [5.41, 5.74) is 8.89. The lowest BCUT2D eigenvalue weighted by Crippen LogP contribution is -2.10. The highest BCUT2D eigenvalue weighted by Crippen LogP contribution is 2.30. The summed E-state index contributed by atoms with van der Waals surface area (Å²) in [6.45, 7) is 6.56. The zero-order valence-electron chi connectivity index (χ0n) is 11.2. The van der Waals surface area contributed by atoms with Crippen molar-refractivity contribution in [2.75, 3.05) is 5.73 Å². The van der Waals surface area contributed by atoms with Gasteiger partial charge in [0.1, 0.15) is 10.8 Å². The first-order chi connectivity index (χ1) is 8.30. The van der Waals surface area contributed by atoms with Crippen molar-refractivity contribution < 1.29 is 0 Å². The number of nitrogen functional groups attached to an aromatic ring is 1. The van der Waals surface area contributed by atoms with Crippen LogP contribution in [0.15, 0.2) is 24.3 Å². The van der Waals surface area contributed by atoms with E-state index in [4.69, 9.17) is 17.3 Å². The van der Waals surface area contributed by atoms with Gasteiger partial charge in [-0.3, -0.25) is 0 Å². The Labute approximate surface area is 113 Å². The van der Waals surface area contributed by atoms with Crippen molar-refractivity contribution in [3.8, 4) is 11.3 Å². The van der Waals surface area contributed by atoms with Crippen LogP contribution in [-0.4, -0.2) is 9.55 Å². The summed E-state index contributed by atoms with van der Waals surface area (Å²) in [5, 5.41) is 0.566. The Bertz CT molecular complexity index is 562. The molecular weight excluding hydrogens is 246 g/mol. The molecule has 2 aromatic rings. The number of nitrogens with two attached hydrogens (primary N) is 1. The smallest absolute Gasteiger partial charge is 0.201 e. The zero-order chi connectivity index (χ0) is 13.5. The van der Waals surface area contributed by atoms with E-state index in [-0.39, 0.29) is 5.41 Å². The van der Waals surface area contributed by atoms with Gasteiger partial charge < -0.3 is 10.3 Å². The van der Waals surface area contributed by atoms with Crippen LogP contribution in [0.3, 0.4) is 0 Å². The predicted octanol–water partition coefficient (Wildman–Crippen LogP) is 3.62. The van der Waals surface area contributed by atoms with Gasteiger partial charge in [-0.05, 0) is 11.0 Å². The van der Waals surface area contributed by atoms with Crippen molar-refractivity contribution in [2.24, 2.45) is 7.05 Å². The number of aromatic nitrogens is 2. The number of hydrogen-bond acceptors (Lipinski definition) is 2. The van der Waals surface area contributed by atoms with E-state index in [9.17, 15) is 0 Å². The molecule has 0 aliphatic rings. The van der Waals surface area contributed by atoms with Gasteiger partial charge in [0.05, 0.1) is 0 Å². The van der Waals surface area contributed by atoms with Crippen molar-refractivity contribution in [3.63, 3.8) is 0 Å². The third-order valence-electron chi connectivity index (χ3n) is 3.08. The van der Waals surface area contributed by atoms with Gasteiger partial charge in [0, 0.05) is 12.6 Å². The third kappa shape index (κ3) is 2.23. The number of benzene rings is 1. The maximum Gasteiger partial charge on any atom is 0.201 e. The quantitative estimate of drug-likeness (QED) is 0.854. The van der Waals surface area contributed by atoms with Gasteiger partial charge in [-0.1, -0.05) is 56.6 Å². The molecule has 0 amide bonds. The number of rotatable bonds is 1. The molecule has 0 atom stereocenters. The van der Waals surface area contributed by atoms with Gasteiger partial charge >= 0.3 is 0 Å². The minimum absolute atomic E-state index is 0.144. The molecule has 0 saturated carbocycles. The molecular formula is C14H18ClN3. The van der Waals surface area contributed by atoms with Crippen molar-refractivity contribution in [1.29, 1.82) is 0 Å². The van der Waals surface area contributed by atoms with E-state index in [1.165, 1.54) is 5.56 Å². The third-order valence-corrected chi connectivity index (χ3v) is 3.52. The van der Waals surface area contributed by atoms with Crippen molar-refractivity contribution in [2.45, 2.75) is 26.2 Å². The van der Waals surface area contributed by atoms with E-state index >= 15 is 0 Å². The molecule has 3 nitrogen and oxygen atoms in total. The second-order valence-corrected chi connectivity index (χ2v) is 5.85. The summed E-state index contributed by atoms with van der Waals surface area (Å²) in [7, 11) is 1.80. The van der Waals surface area contributed by atoms with Crippen LogP contribution in [0.4, 0.5) is 5.95 Å². The van der Waals surface area contributed by atoms with Crippen LogP contribution in [-0.2, 0) is 12.5 Å². The van der Waals surface area contributed by atoms with E-state index in [0.29, 0.717) is 11.1 Å². The molecule has 0 fully saturated rings. The normalized spacial score (nSPS) is 11.8. The van der Waals surface area contributed by atoms with E-state index in [1.807, 2.05) is 12.1 Å². The van der Waals surface area contributed by atoms with Gasteiger partial charge in [-0.2, -0.15) is 0 Å². The molecule has 1 aromatic carbocycles. The number of halogens is 1. The van der Waals surface area contributed by atoms with Crippen LogP contribution in [0.1, 0.15) is 26.3 Å². The number of nitrogens with zero attached hydrogens (tertiary/aromatic N) is 2. The summed E-state index contributed by atoms with van der Waals surface area (Å²) >= 11 is 6.20. The van der Waals surface area contributed by atoms with Gasteiger partial charge in [0.25, 0.3) is 0 Å². The summed E-state index contributed by atoms with van der Waals surface area (Å²) < 4.78 is 1.68. The van der Waals surface area contributed by atoms with Crippen LogP contribution in [0.5, 0.6) is 0 Å². The lowest BCUT2D eigenvalue weighted by Gasteiger charge is -2.18. The van der Waals surface area contributed by atoms with E-state index in [1.54, 1.807) is 11.6 Å². The van der Waals surface area contributed by atoms with Gasteiger partial charge in [0.15, 0.2) is 0 Å². The fourth-order valence-corrected chi connectivity index (χ4v) is 2.04. The maximum atomic E-state index is 6.20. The highest BCUT2D eigenvalue weighted by molar-refractivity contribution is 6.32. The van der Waals surface area contributed by atoms with Crippen LogP contribution in [0.25, 0.3) is 11.3 Å². The monoisotopic (exact) mass is 263 g/mol. The minimum atomic E-state index is 0.144. The average molecular weight is 264 g/mol. The summed E-state index contributed by atoms with van der Waals surface area (Å²) in [5.74, 6) is 0.426. The summed E-state index contributed by atoms with van der Waals surface area (Å²) in [4.78, 5) is 4.28. The molecule has 1 aromatic heterocycles.